The molecular formula is C53H77N17O9. The molecule has 4 aliphatic rings. The van der Waals surface area contributed by atoms with E-state index in [9.17, 15) is 39.0 Å². The third-order valence-corrected chi connectivity index (χ3v) is 15.5. The molecule has 0 spiro atoms. The number of nitrogens with zero attached hydrogens (tertiary/aromatic N) is 7. The van der Waals surface area contributed by atoms with Gasteiger partial charge < -0.3 is 85.6 Å². The zero-order valence-electron chi connectivity index (χ0n) is 44.5. The lowest BCUT2D eigenvalue weighted by molar-refractivity contribution is -0.153. The number of amides is 6. The van der Waals surface area contributed by atoms with Crippen molar-refractivity contribution in [3.63, 3.8) is 0 Å². The third kappa shape index (κ3) is 14.6. The summed E-state index contributed by atoms with van der Waals surface area (Å²) in [7, 11) is 0. The van der Waals surface area contributed by atoms with Crippen LogP contribution in [0.15, 0.2) is 63.5 Å². The van der Waals surface area contributed by atoms with Gasteiger partial charge in [0.25, 0.3) is 0 Å². The van der Waals surface area contributed by atoms with Crippen LogP contribution >= 0.6 is 0 Å². The Hall–Kier alpha value is -8.00. The Balaban J connectivity index is 1.08. The Labute approximate surface area is 458 Å². The molecule has 19 N–H and O–H groups in total. The number of aliphatic hydroxyl groups is 1. The van der Waals surface area contributed by atoms with E-state index in [-0.39, 0.29) is 114 Å². The van der Waals surface area contributed by atoms with Crippen molar-refractivity contribution in [2.24, 2.45) is 61.0 Å². The second kappa shape index (κ2) is 27.0. The van der Waals surface area contributed by atoms with E-state index in [1.54, 1.807) is 9.80 Å². The number of hydrogen-bond acceptors (Lipinski definition) is 12. The van der Waals surface area contributed by atoms with Crippen molar-refractivity contribution in [1.29, 1.82) is 0 Å². The molecule has 1 aromatic heterocycles. The van der Waals surface area contributed by atoms with Crippen molar-refractivity contribution >= 4 is 70.2 Å². The van der Waals surface area contributed by atoms with Crippen LogP contribution in [0.3, 0.4) is 0 Å². The van der Waals surface area contributed by atoms with E-state index in [2.05, 4.69) is 30.9 Å². The highest BCUT2D eigenvalue weighted by Crippen LogP contribution is 2.41. The molecule has 8 unspecified atom stereocenters. The van der Waals surface area contributed by atoms with Gasteiger partial charge in [-0.15, -0.1) is 0 Å². The molecule has 6 amide bonds. The number of aliphatic carboxylic acids is 1. The molecule has 26 nitrogen and oxygen atoms in total. The molecule has 2 aromatic carbocycles. The van der Waals surface area contributed by atoms with E-state index in [1.165, 1.54) is 4.90 Å². The number of para-hydroxylation sites is 1. The van der Waals surface area contributed by atoms with Gasteiger partial charge in [-0.3, -0.25) is 43.7 Å². The van der Waals surface area contributed by atoms with E-state index in [4.69, 9.17) is 40.1 Å². The fourth-order valence-corrected chi connectivity index (χ4v) is 11.6. The normalized spacial score (nSPS) is 20.0. The van der Waals surface area contributed by atoms with Gasteiger partial charge in [0.15, 0.2) is 17.9 Å². The number of likely N-dealkylation sites (tertiary alicyclic amines) is 1. The van der Waals surface area contributed by atoms with Gasteiger partial charge in [0, 0.05) is 80.3 Å². The number of benzene rings is 2. The molecule has 2 fully saturated rings. The van der Waals surface area contributed by atoms with Gasteiger partial charge in [-0.05, 0) is 80.9 Å². The topological polar surface area (TPSA) is 430 Å². The number of aliphatic hydroxyl groups excluding tert-OH is 1. The monoisotopic (exact) mass is 1100 g/mol. The van der Waals surface area contributed by atoms with Crippen molar-refractivity contribution in [1.82, 2.24) is 35.2 Å². The maximum Gasteiger partial charge on any atom is 0.326 e. The van der Waals surface area contributed by atoms with Crippen LogP contribution in [0.5, 0.6) is 0 Å². The summed E-state index contributed by atoms with van der Waals surface area (Å²) >= 11 is 0. The number of nitrogens with two attached hydrogens (primary N) is 7. The lowest BCUT2D eigenvalue weighted by Crippen LogP contribution is -2.62. The van der Waals surface area contributed by atoms with Crippen molar-refractivity contribution in [3.05, 3.63) is 70.9 Å². The maximum atomic E-state index is 15.3. The summed E-state index contributed by atoms with van der Waals surface area (Å²) in [5.74, 6) is -4.82. The second-order valence-electron chi connectivity index (χ2n) is 20.8. The number of guanidine groups is 3. The fourth-order valence-electron chi connectivity index (χ4n) is 11.6. The van der Waals surface area contributed by atoms with Crippen molar-refractivity contribution in [2.45, 2.75) is 145 Å². The molecule has 0 bridgehead atoms. The SMILES string of the molecule is NC(N)=NCCCC(N)C(=O)NC(CCCN=C(N)N)C(=O)N1CCc2c(c3ccccc3n2CC(=O)NC(CO)C(=O)N2Cc3ccccc3CC2C(=O)N2C(C(=O)NC(CCCN=C(N)N)C(=O)O)CC3CCCCC32)C1. The summed E-state index contributed by atoms with van der Waals surface area (Å²) in [6.07, 6.45) is 5.48. The number of aromatic nitrogens is 1. The molecule has 0 radical (unpaired) electrons. The number of fused-ring (bicyclic) bond motifs is 5. The predicted molar refractivity (Wildman–Crippen MR) is 295 cm³/mol. The number of carbonyl (C=O) groups is 7. The molecule has 8 atom stereocenters. The molecule has 1 saturated heterocycles. The van der Waals surface area contributed by atoms with Gasteiger partial charge in [0.1, 0.15) is 36.8 Å². The summed E-state index contributed by atoms with van der Waals surface area (Å²) < 4.78 is 1.83. The van der Waals surface area contributed by atoms with Gasteiger partial charge >= 0.3 is 5.97 Å². The van der Waals surface area contributed by atoms with Gasteiger partial charge in [-0.25, -0.2) is 4.79 Å². The molecule has 4 heterocycles. The predicted octanol–water partition coefficient (Wildman–Crippen LogP) is -2.34. The average Bonchev–Trinajstić information content (AvgIpc) is 4.22. The van der Waals surface area contributed by atoms with E-state index < -0.39 is 78.4 Å². The molecule has 26 heteroatoms. The molecular weight excluding hydrogens is 1020 g/mol. The van der Waals surface area contributed by atoms with Gasteiger partial charge in [0.2, 0.25) is 35.4 Å². The number of rotatable bonds is 24. The minimum Gasteiger partial charge on any atom is -0.480 e. The van der Waals surface area contributed by atoms with Crippen LogP contribution in [0.1, 0.15) is 93.0 Å². The number of aliphatic imine (C=N–C) groups is 3. The first kappa shape index (κ1) is 58.7. The number of nitrogens with one attached hydrogen (secondary N) is 3. The number of carboxylic acids is 1. The fraction of sp³-hybridized carbons (Fsp3) is 0.547. The number of carbonyl (C=O) groups excluding carboxylic acids is 6. The number of carboxylic acid groups (broad SMARTS) is 1. The highest BCUT2D eigenvalue weighted by molar-refractivity contribution is 5.97. The lowest BCUT2D eigenvalue weighted by atomic mass is 9.84. The molecule has 7 rings (SSSR count). The van der Waals surface area contributed by atoms with Crippen LogP contribution < -0.4 is 56.1 Å². The molecule has 1 aliphatic carbocycles. The van der Waals surface area contributed by atoms with Gasteiger partial charge in [-0.2, -0.15) is 0 Å². The molecule has 428 valence electrons. The highest BCUT2D eigenvalue weighted by Gasteiger charge is 2.51. The smallest absolute Gasteiger partial charge is 0.326 e. The summed E-state index contributed by atoms with van der Waals surface area (Å²) in [4.78, 5) is 115. The molecule has 3 aliphatic heterocycles. The van der Waals surface area contributed by atoms with Crippen LogP contribution in [-0.4, -0.2) is 164 Å². The first-order valence-corrected chi connectivity index (χ1v) is 27.1. The first-order chi connectivity index (χ1) is 37.9. The molecule has 1 saturated carbocycles. The number of hydrogen-bond donors (Lipinski definition) is 12. The van der Waals surface area contributed by atoms with Crippen molar-refractivity contribution < 1.29 is 43.8 Å². The second-order valence-corrected chi connectivity index (χ2v) is 20.8. The Morgan fingerprint density at radius 2 is 1.32 bits per heavy atom. The maximum absolute atomic E-state index is 15.3. The van der Waals surface area contributed by atoms with Crippen LogP contribution in [0.2, 0.25) is 0 Å². The van der Waals surface area contributed by atoms with Gasteiger partial charge in [-0.1, -0.05) is 55.3 Å². The van der Waals surface area contributed by atoms with E-state index in [0.717, 1.165) is 47.0 Å². The zero-order valence-corrected chi connectivity index (χ0v) is 44.5. The zero-order chi connectivity index (χ0) is 56.9. The Bertz CT molecular complexity index is 2810. The van der Waals surface area contributed by atoms with E-state index >= 15 is 4.79 Å². The van der Waals surface area contributed by atoms with E-state index in [1.807, 2.05) is 53.1 Å². The largest absolute Gasteiger partial charge is 0.480 e. The Kier molecular flexibility index (Phi) is 20.1. The minimum absolute atomic E-state index is 0.0211. The minimum atomic E-state index is -1.47. The van der Waals surface area contributed by atoms with Crippen LogP contribution in [-0.2, 0) is 66.0 Å². The third-order valence-electron chi connectivity index (χ3n) is 15.5. The highest BCUT2D eigenvalue weighted by atomic mass is 16.4. The van der Waals surface area contributed by atoms with Crippen LogP contribution in [0.4, 0.5) is 0 Å². The van der Waals surface area contributed by atoms with Crippen LogP contribution in [0, 0.1) is 5.92 Å². The standard InChI is InChI=1S/C53H77N17O9/c54-35(14-7-20-61-51(55)56)45(73)65-36(15-8-21-62-52(57)58)47(75)67-23-19-41-34(27-67)33-13-4-6-18-40(33)68(41)28-44(72)64-38(29-71)48(76)69-26-32-12-2-1-10-30(32)24-43(69)49(77)70-39-17-5-3-11-31(39)25-42(70)46(74)66-37(50(78)79)16-9-22-63-53(59)60/h1-2,4,6,10,12-13,18,31,35-39,42-43,71H,3,5,7-9,11,14-17,19-29,54H2,(H,64,72)(H,65,73)(H,66,74)(H,78,79)(H4,55,56,61)(H4,57,58,62)(H4,59,60,63). The summed E-state index contributed by atoms with van der Waals surface area (Å²) in [5, 5.41) is 30.0. The lowest BCUT2D eigenvalue weighted by Gasteiger charge is -2.42. The van der Waals surface area contributed by atoms with E-state index in [0.29, 0.717) is 37.6 Å². The average molecular weight is 1100 g/mol. The Morgan fingerprint density at radius 3 is 1.97 bits per heavy atom. The summed E-state index contributed by atoms with van der Waals surface area (Å²) in [6.45, 7) is -0.0190. The Morgan fingerprint density at radius 1 is 0.696 bits per heavy atom. The first-order valence-electron chi connectivity index (χ1n) is 27.1. The van der Waals surface area contributed by atoms with Gasteiger partial charge in [0.05, 0.1) is 12.6 Å². The molecule has 79 heavy (non-hydrogen) atoms. The van der Waals surface area contributed by atoms with Crippen molar-refractivity contribution in [2.75, 3.05) is 32.8 Å². The van der Waals surface area contributed by atoms with Crippen LogP contribution in [0.25, 0.3) is 10.9 Å². The quantitative estimate of drug-likeness (QED) is 0.0254. The molecule has 3 aromatic rings. The summed E-state index contributed by atoms with van der Waals surface area (Å²) in [5.41, 5.74) is 42.9. The van der Waals surface area contributed by atoms with Crippen molar-refractivity contribution in [3.8, 4) is 0 Å². The summed E-state index contributed by atoms with van der Waals surface area (Å²) in [6, 6.07) is 7.70.